The van der Waals surface area contributed by atoms with Gasteiger partial charge in [-0.05, 0) is 60.0 Å². The molecule has 0 aliphatic heterocycles. The number of fused-ring (bicyclic) bond motifs is 1. The first-order chi connectivity index (χ1) is 16.0. The summed E-state index contributed by atoms with van der Waals surface area (Å²) in [5.74, 6) is 1.64. The quantitative estimate of drug-likeness (QED) is 0.386. The molecule has 33 heavy (non-hydrogen) atoms. The molecule has 0 fully saturated rings. The third-order valence-electron chi connectivity index (χ3n) is 5.95. The zero-order chi connectivity index (χ0) is 23.1. The number of H-pyrrole nitrogens is 1. The number of imidazole rings is 1. The molecular weight excluding hydrogens is 436 g/mol. The molecule has 0 saturated carbocycles. The number of nitrogens with zero attached hydrogens (tertiary/aromatic N) is 7. The Bertz CT molecular complexity index is 1430. The van der Waals surface area contributed by atoms with Crippen molar-refractivity contribution in [3.8, 4) is 22.6 Å². The minimum atomic E-state index is 0.595. The van der Waals surface area contributed by atoms with Gasteiger partial charge in [-0.1, -0.05) is 42.8 Å². The molecule has 0 radical (unpaired) electrons. The van der Waals surface area contributed by atoms with E-state index in [1.807, 2.05) is 13.0 Å². The van der Waals surface area contributed by atoms with Gasteiger partial charge in [-0.2, -0.15) is 0 Å². The van der Waals surface area contributed by atoms with Crippen LogP contribution in [0, 0.1) is 13.8 Å². The summed E-state index contributed by atoms with van der Waals surface area (Å²) in [5, 5.41) is 15.0. The maximum absolute atomic E-state index is 6.52. The van der Waals surface area contributed by atoms with Crippen LogP contribution in [-0.4, -0.2) is 39.7 Å². The van der Waals surface area contributed by atoms with Crippen molar-refractivity contribution in [2.75, 3.05) is 0 Å². The fraction of sp³-hybridized carbons (Fsp3) is 0.292. The summed E-state index contributed by atoms with van der Waals surface area (Å²) >= 11 is 6.52. The van der Waals surface area contributed by atoms with Crippen molar-refractivity contribution in [1.82, 2.24) is 39.7 Å². The Labute approximate surface area is 196 Å². The van der Waals surface area contributed by atoms with Crippen LogP contribution >= 0.6 is 11.6 Å². The Morgan fingerprint density at radius 1 is 1.00 bits per heavy atom. The van der Waals surface area contributed by atoms with Crippen LogP contribution < -0.4 is 0 Å². The molecule has 5 aromatic rings. The molecule has 8 nitrogen and oxygen atoms in total. The van der Waals surface area contributed by atoms with Crippen LogP contribution in [0.25, 0.3) is 33.8 Å². The lowest BCUT2D eigenvalue weighted by Gasteiger charge is -2.12. The molecule has 168 valence electrons. The fourth-order valence-corrected chi connectivity index (χ4v) is 4.74. The lowest BCUT2D eigenvalue weighted by Crippen LogP contribution is -2.06. The van der Waals surface area contributed by atoms with Crippen LogP contribution in [-0.2, 0) is 19.5 Å². The molecule has 1 N–H and O–H groups in total. The summed E-state index contributed by atoms with van der Waals surface area (Å²) in [6, 6.07) is 12.5. The first-order valence-corrected chi connectivity index (χ1v) is 11.4. The smallest absolute Gasteiger partial charge is 0.181 e. The average Bonchev–Trinajstić information content (AvgIpc) is 3.52. The second kappa shape index (κ2) is 8.44. The molecule has 5 rings (SSSR count). The summed E-state index contributed by atoms with van der Waals surface area (Å²) in [7, 11) is 0. The van der Waals surface area contributed by atoms with Crippen LogP contribution in [0.1, 0.15) is 36.5 Å². The third kappa shape index (κ3) is 3.70. The first-order valence-electron chi connectivity index (χ1n) is 11.1. The van der Waals surface area contributed by atoms with E-state index in [9.17, 15) is 0 Å². The second-order valence-electron chi connectivity index (χ2n) is 8.14. The topological polar surface area (TPSA) is 90.1 Å². The van der Waals surface area contributed by atoms with Crippen molar-refractivity contribution in [3.63, 3.8) is 0 Å². The summed E-state index contributed by atoms with van der Waals surface area (Å²) in [4.78, 5) is 9.65. The van der Waals surface area contributed by atoms with Crippen molar-refractivity contribution < 1.29 is 0 Å². The predicted octanol–water partition coefficient (Wildman–Crippen LogP) is 4.98. The molecule has 4 heterocycles. The molecule has 0 bridgehead atoms. The summed E-state index contributed by atoms with van der Waals surface area (Å²) in [5.41, 5.74) is 8.19. The van der Waals surface area contributed by atoms with E-state index in [1.54, 1.807) is 0 Å². The van der Waals surface area contributed by atoms with Crippen molar-refractivity contribution in [2.45, 2.75) is 47.2 Å². The lowest BCUT2D eigenvalue weighted by atomic mass is 10.0. The Balaban J connectivity index is 1.54. The van der Waals surface area contributed by atoms with Crippen LogP contribution in [0.4, 0.5) is 0 Å². The number of hydrogen-bond donors (Lipinski definition) is 1. The van der Waals surface area contributed by atoms with Crippen molar-refractivity contribution in [1.29, 1.82) is 0 Å². The molecule has 0 unspecified atom stereocenters. The van der Waals surface area contributed by atoms with Gasteiger partial charge in [-0.3, -0.25) is 0 Å². The molecule has 0 aliphatic rings. The average molecular weight is 461 g/mol. The minimum Gasteiger partial charge on any atom is -0.331 e. The highest BCUT2D eigenvalue weighted by Crippen LogP contribution is 2.35. The van der Waals surface area contributed by atoms with Gasteiger partial charge in [-0.15, -0.1) is 5.10 Å². The maximum atomic E-state index is 6.52. The Kier molecular flexibility index (Phi) is 5.46. The molecule has 0 spiro atoms. The monoisotopic (exact) mass is 460 g/mol. The Morgan fingerprint density at radius 2 is 1.79 bits per heavy atom. The number of tetrazole rings is 1. The van der Waals surface area contributed by atoms with Crippen LogP contribution in [0.3, 0.4) is 0 Å². The molecule has 1 aromatic carbocycles. The number of aryl methyl sites for hydroxylation is 3. The largest absolute Gasteiger partial charge is 0.331 e. The van der Waals surface area contributed by atoms with Crippen molar-refractivity contribution in [3.05, 3.63) is 64.2 Å². The summed E-state index contributed by atoms with van der Waals surface area (Å²) in [6.07, 6.45) is 0.851. The number of aromatic nitrogens is 8. The zero-order valence-electron chi connectivity index (χ0n) is 19.1. The third-order valence-corrected chi connectivity index (χ3v) is 6.26. The van der Waals surface area contributed by atoms with Gasteiger partial charge in [-0.25, -0.2) is 15.1 Å². The van der Waals surface area contributed by atoms with Crippen molar-refractivity contribution in [2.24, 2.45) is 0 Å². The van der Waals surface area contributed by atoms with E-state index in [2.05, 4.69) is 80.9 Å². The number of nitrogens with one attached hydrogen (secondary N) is 1. The predicted molar refractivity (Wildman–Crippen MR) is 129 cm³/mol. The van der Waals surface area contributed by atoms with Gasteiger partial charge in [0, 0.05) is 24.2 Å². The molecule has 0 aliphatic carbocycles. The van der Waals surface area contributed by atoms with Gasteiger partial charge < -0.3 is 9.13 Å². The van der Waals surface area contributed by atoms with Gasteiger partial charge in [0.15, 0.2) is 11.5 Å². The Morgan fingerprint density at radius 3 is 2.45 bits per heavy atom. The van der Waals surface area contributed by atoms with E-state index in [-0.39, 0.29) is 0 Å². The van der Waals surface area contributed by atoms with E-state index in [1.165, 1.54) is 5.56 Å². The normalized spacial score (nSPS) is 11.5. The van der Waals surface area contributed by atoms with Crippen LogP contribution in [0.5, 0.6) is 0 Å². The molecule has 0 saturated heterocycles. The number of benzene rings is 1. The van der Waals surface area contributed by atoms with Crippen molar-refractivity contribution >= 4 is 22.8 Å². The fourth-order valence-electron chi connectivity index (χ4n) is 4.43. The highest BCUT2D eigenvalue weighted by molar-refractivity contribution is 6.30. The van der Waals surface area contributed by atoms with Gasteiger partial charge >= 0.3 is 0 Å². The zero-order valence-corrected chi connectivity index (χ0v) is 19.8. The minimum absolute atomic E-state index is 0.595. The van der Waals surface area contributed by atoms with E-state index in [4.69, 9.17) is 21.6 Å². The Hall–Kier alpha value is -3.52. The summed E-state index contributed by atoms with van der Waals surface area (Å²) in [6.45, 7) is 9.77. The lowest BCUT2D eigenvalue weighted by molar-refractivity contribution is 0.745. The van der Waals surface area contributed by atoms with Crippen LogP contribution in [0.15, 0.2) is 36.4 Å². The molecule has 4 aromatic heterocycles. The number of halogens is 1. The van der Waals surface area contributed by atoms with Gasteiger partial charge in [0.05, 0.1) is 12.2 Å². The van der Waals surface area contributed by atoms with E-state index in [0.29, 0.717) is 17.5 Å². The van der Waals surface area contributed by atoms with Crippen LogP contribution in [0.2, 0.25) is 5.15 Å². The van der Waals surface area contributed by atoms with Gasteiger partial charge in [0.2, 0.25) is 0 Å². The highest BCUT2D eigenvalue weighted by atomic mass is 35.5. The molecule has 0 amide bonds. The molecular formula is C24H25ClN8. The van der Waals surface area contributed by atoms with Gasteiger partial charge in [0.1, 0.15) is 16.5 Å². The second-order valence-corrected chi connectivity index (χ2v) is 8.53. The number of rotatable bonds is 6. The van der Waals surface area contributed by atoms with E-state index < -0.39 is 0 Å². The van der Waals surface area contributed by atoms with Gasteiger partial charge in [0.25, 0.3) is 0 Å². The number of pyridine rings is 1. The standard InChI is InChI=1S/C24H25ClN8/c1-5-20-27-21-14(3)11-15(4)26-24(21)33(20)13-16-7-9-17(10-8-16)22-18(23-28-30-31-29-23)12-19(25)32(22)6-2/h7-12H,5-6,13H2,1-4H3,(H,28,29,30,31). The summed E-state index contributed by atoms with van der Waals surface area (Å²) < 4.78 is 4.28. The molecule has 0 atom stereocenters. The highest BCUT2D eigenvalue weighted by Gasteiger charge is 2.19. The molecule has 9 heteroatoms. The first kappa shape index (κ1) is 21.3. The number of hydrogen-bond acceptors (Lipinski definition) is 5. The van der Waals surface area contributed by atoms with E-state index in [0.717, 1.165) is 58.0 Å². The SMILES string of the molecule is CCc1nc2c(C)cc(C)nc2n1Cc1ccc(-c2c(-c3nnn[nH]3)cc(Cl)n2CC)cc1. The van der Waals surface area contributed by atoms with E-state index >= 15 is 0 Å². The maximum Gasteiger partial charge on any atom is 0.181 e. The number of aromatic amines is 1.